The summed E-state index contributed by atoms with van der Waals surface area (Å²) in [6.45, 7) is 6.78. The van der Waals surface area contributed by atoms with Crippen LogP contribution in [0, 0.1) is 12.8 Å². The molecule has 3 aromatic rings. The Morgan fingerprint density at radius 3 is 2.76 bits per heavy atom. The lowest BCUT2D eigenvalue weighted by atomic mass is 9.96. The summed E-state index contributed by atoms with van der Waals surface area (Å²) in [4.78, 5) is 31.7. The van der Waals surface area contributed by atoms with E-state index in [1.165, 1.54) is 16.9 Å². The molecule has 1 aliphatic rings. The van der Waals surface area contributed by atoms with Crippen LogP contribution in [-0.2, 0) is 20.9 Å². The third kappa shape index (κ3) is 5.42. The number of benzene rings is 2. The van der Waals surface area contributed by atoms with Crippen molar-refractivity contribution in [2.24, 2.45) is 5.92 Å². The summed E-state index contributed by atoms with van der Waals surface area (Å²) in [7, 11) is 0. The van der Waals surface area contributed by atoms with Gasteiger partial charge in [0.25, 0.3) is 0 Å². The summed E-state index contributed by atoms with van der Waals surface area (Å²) >= 11 is 1.46. The third-order valence-electron chi connectivity index (χ3n) is 6.05. The third-order valence-corrected chi connectivity index (χ3v) is 6.85. The molecule has 1 N–H and O–H groups in total. The van der Waals surface area contributed by atoms with Crippen molar-refractivity contribution in [3.8, 4) is 0 Å². The van der Waals surface area contributed by atoms with Crippen LogP contribution in [0.15, 0.2) is 53.9 Å². The summed E-state index contributed by atoms with van der Waals surface area (Å²) in [6.07, 6.45) is 1.16. The second kappa shape index (κ2) is 10.2. The number of aromatic nitrogens is 1. The predicted octanol–water partition coefficient (Wildman–Crippen LogP) is 5.80. The Morgan fingerprint density at radius 1 is 1.24 bits per heavy atom. The van der Waals surface area contributed by atoms with Gasteiger partial charge in [0.1, 0.15) is 6.61 Å². The van der Waals surface area contributed by atoms with E-state index in [9.17, 15) is 9.59 Å². The first-order chi connectivity index (χ1) is 15.9. The second-order valence-corrected chi connectivity index (χ2v) is 9.37. The van der Waals surface area contributed by atoms with Gasteiger partial charge in [0.05, 0.1) is 11.6 Å². The molecule has 33 heavy (non-hydrogen) atoms. The number of thiazole rings is 1. The summed E-state index contributed by atoms with van der Waals surface area (Å²) in [6, 6.07) is 16.0. The van der Waals surface area contributed by atoms with Gasteiger partial charge in [0, 0.05) is 29.7 Å². The summed E-state index contributed by atoms with van der Waals surface area (Å²) in [5.74, 6) is -0.516. The van der Waals surface area contributed by atoms with E-state index in [4.69, 9.17) is 4.74 Å². The zero-order valence-corrected chi connectivity index (χ0v) is 20.0. The number of nitrogens with one attached hydrogen (secondary N) is 1. The van der Waals surface area contributed by atoms with E-state index in [2.05, 4.69) is 30.2 Å². The maximum Gasteiger partial charge on any atom is 0.311 e. The van der Waals surface area contributed by atoms with Gasteiger partial charge >= 0.3 is 5.97 Å². The minimum Gasteiger partial charge on any atom is -0.459 e. The Kier molecular flexibility index (Phi) is 7.08. The van der Waals surface area contributed by atoms with E-state index in [0.29, 0.717) is 18.2 Å². The minimum atomic E-state index is -0.466. The van der Waals surface area contributed by atoms with Crippen LogP contribution >= 0.6 is 11.3 Å². The highest BCUT2D eigenvalue weighted by molar-refractivity contribution is 7.13. The number of esters is 1. The van der Waals surface area contributed by atoms with Gasteiger partial charge in [-0.05, 0) is 43.0 Å². The zero-order chi connectivity index (χ0) is 23.4. The molecule has 172 valence electrons. The molecule has 2 atom stereocenters. The highest BCUT2D eigenvalue weighted by atomic mass is 32.1. The number of para-hydroxylation sites is 1. The minimum absolute atomic E-state index is 0.0362. The topological polar surface area (TPSA) is 71.5 Å². The van der Waals surface area contributed by atoms with Crippen LogP contribution < -0.4 is 10.2 Å². The van der Waals surface area contributed by atoms with Gasteiger partial charge in [-0.25, -0.2) is 4.98 Å². The fourth-order valence-corrected chi connectivity index (χ4v) is 4.64. The van der Waals surface area contributed by atoms with Crippen LogP contribution in [0.5, 0.6) is 0 Å². The van der Waals surface area contributed by atoms with Crippen LogP contribution in [0.25, 0.3) is 0 Å². The highest BCUT2D eigenvalue weighted by Crippen LogP contribution is 2.34. The average molecular weight is 464 g/mol. The molecule has 1 aromatic heterocycles. The van der Waals surface area contributed by atoms with Crippen molar-refractivity contribution < 1.29 is 14.3 Å². The van der Waals surface area contributed by atoms with Crippen molar-refractivity contribution in [2.75, 3.05) is 16.8 Å². The van der Waals surface area contributed by atoms with Gasteiger partial charge in [0.2, 0.25) is 5.91 Å². The van der Waals surface area contributed by atoms with Crippen molar-refractivity contribution in [1.29, 1.82) is 0 Å². The standard InChI is InChI=1S/C26H29N3O3S/c1-4-18(3)22-7-5-6-8-23(22)29-14-19(13-24(29)30)25(31)32-15-21-16-33-26(28-21)27-20-11-9-17(2)10-12-20/h5-12,16,18-19H,4,13-15H2,1-3H3,(H,27,28)/t18-,19+/m0/s1. The number of amides is 1. The van der Waals surface area contributed by atoms with Crippen molar-refractivity contribution in [1.82, 2.24) is 4.98 Å². The number of aryl methyl sites for hydroxylation is 1. The molecule has 0 radical (unpaired) electrons. The van der Waals surface area contributed by atoms with Gasteiger partial charge in [-0.15, -0.1) is 11.3 Å². The number of rotatable bonds is 8. The van der Waals surface area contributed by atoms with E-state index in [-0.39, 0.29) is 24.9 Å². The Hall–Kier alpha value is -3.19. The average Bonchev–Trinajstić information content (AvgIpc) is 3.44. The molecular formula is C26H29N3O3S. The van der Waals surface area contributed by atoms with Crippen LogP contribution in [0.2, 0.25) is 0 Å². The van der Waals surface area contributed by atoms with Gasteiger partial charge in [0.15, 0.2) is 5.13 Å². The summed E-state index contributed by atoms with van der Waals surface area (Å²) in [5, 5.41) is 5.88. The number of anilines is 3. The molecule has 2 aromatic carbocycles. The fourth-order valence-electron chi connectivity index (χ4n) is 3.92. The van der Waals surface area contributed by atoms with Crippen molar-refractivity contribution in [3.63, 3.8) is 0 Å². The first kappa shape index (κ1) is 23.0. The van der Waals surface area contributed by atoms with E-state index in [1.807, 2.05) is 54.8 Å². The van der Waals surface area contributed by atoms with Crippen molar-refractivity contribution in [2.45, 2.75) is 46.1 Å². The second-order valence-electron chi connectivity index (χ2n) is 8.52. The van der Waals surface area contributed by atoms with Crippen LogP contribution in [-0.4, -0.2) is 23.4 Å². The maximum atomic E-state index is 12.7. The molecule has 1 fully saturated rings. The van der Waals surface area contributed by atoms with Crippen LogP contribution in [0.1, 0.15) is 49.4 Å². The lowest BCUT2D eigenvalue weighted by Gasteiger charge is -2.23. The fraction of sp³-hybridized carbons (Fsp3) is 0.346. The van der Waals surface area contributed by atoms with Crippen LogP contribution in [0.3, 0.4) is 0 Å². The molecule has 1 saturated heterocycles. The Balaban J connectivity index is 1.34. The van der Waals surface area contributed by atoms with E-state index in [0.717, 1.165) is 28.5 Å². The number of hydrogen-bond donors (Lipinski definition) is 1. The maximum absolute atomic E-state index is 12.7. The molecule has 0 spiro atoms. The molecule has 0 saturated carbocycles. The Labute approximate surface area is 198 Å². The summed E-state index contributed by atoms with van der Waals surface area (Å²) in [5.41, 5.74) is 4.88. The number of carbonyl (C=O) groups is 2. The zero-order valence-electron chi connectivity index (χ0n) is 19.2. The Morgan fingerprint density at radius 2 is 2.00 bits per heavy atom. The normalized spacial score (nSPS) is 16.6. The monoisotopic (exact) mass is 463 g/mol. The van der Waals surface area contributed by atoms with Crippen molar-refractivity contribution in [3.05, 3.63) is 70.7 Å². The van der Waals surface area contributed by atoms with Crippen LogP contribution in [0.4, 0.5) is 16.5 Å². The van der Waals surface area contributed by atoms with Gasteiger partial charge < -0.3 is 15.0 Å². The van der Waals surface area contributed by atoms with E-state index < -0.39 is 5.92 Å². The van der Waals surface area contributed by atoms with Crippen molar-refractivity contribution >= 4 is 39.7 Å². The largest absolute Gasteiger partial charge is 0.459 e. The molecular weight excluding hydrogens is 434 g/mol. The molecule has 0 bridgehead atoms. The molecule has 0 aliphatic carbocycles. The van der Waals surface area contributed by atoms with Gasteiger partial charge in [-0.3, -0.25) is 9.59 Å². The number of carbonyl (C=O) groups excluding carboxylic acids is 2. The molecule has 4 rings (SSSR count). The number of hydrogen-bond acceptors (Lipinski definition) is 6. The molecule has 6 nitrogen and oxygen atoms in total. The molecule has 7 heteroatoms. The smallest absolute Gasteiger partial charge is 0.311 e. The summed E-state index contributed by atoms with van der Waals surface area (Å²) < 4.78 is 5.52. The molecule has 0 unspecified atom stereocenters. The lowest BCUT2D eigenvalue weighted by molar-refractivity contribution is -0.149. The molecule has 1 amide bonds. The van der Waals surface area contributed by atoms with E-state index >= 15 is 0 Å². The molecule has 1 aliphatic heterocycles. The predicted molar refractivity (Wildman–Crippen MR) is 132 cm³/mol. The Bertz CT molecular complexity index is 1130. The SMILES string of the molecule is CC[C@H](C)c1ccccc1N1C[C@H](C(=O)OCc2csc(Nc3ccc(C)cc3)n2)CC1=O. The number of ether oxygens (including phenoxy) is 1. The first-order valence-electron chi connectivity index (χ1n) is 11.3. The number of nitrogens with zero attached hydrogens (tertiary/aromatic N) is 2. The van der Waals surface area contributed by atoms with Gasteiger partial charge in [-0.2, -0.15) is 0 Å². The van der Waals surface area contributed by atoms with E-state index in [1.54, 1.807) is 4.90 Å². The first-order valence-corrected chi connectivity index (χ1v) is 12.2. The lowest BCUT2D eigenvalue weighted by Crippen LogP contribution is -2.27. The highest BCUT2D eigenvalue weighted by Gasteiger charge is 2.37. The quantitative estimate of drug-likeness (QED) is 0.427. The molecule has 2 heterocycles. The van der Waals surface area contributed by atoms with Gasteiger partial charge in [-0.1, -0.05) is 49.7 Å².